The van der Waals surface area contributed by atoms with Crippen LogP contribution in [0.25, 0.3) is 0 Å². The summed E-state index contributed by atoms with van der Waals surface area (Å²) in [4.78, 5) is 5.91. The number of aryl methyl sites for hydroxylation is 2. The summed E-state index contributed by atoms with van der Waals surface area (Å²) >= 11 is 10.0. The topological polar surface area (TPSA) is 12.5 Å². The lowest BCUT2D eigenvalue weighted by Crippen LogP contribution is -2.56. The van der Waals surface area contributed by atoms with Gasteiger partial charge in [0.1, 0.15) is 0 Å². The van der Waals surface area contributed by atoms with Crippen molar-refractivity contribution in [3.63, 3.8) is 0 Å². The number of thioether (sulfide) groups is 1. The molecule has 2 fully saturated rings. The molecule has 0 bridgehead atoms. The van der Waals surface area contributed by atoms with Crippen LogP contribution in [0.3, 0.4) is 0 Å². The van der Waals surface area contributed by atoms with E-state index in [0.29, 0.717) is 18.2 Å². The summed E-state index contributed by atoms with van der Waals surface area (Å²) in [7, 11) is 0. The third-order valence-electron chi connectivity index (χ3n) is 6.90. The minimum absolute atomic E-state index is 0.363. The molecular formula is C25H34ClNOS2. The van der Waals surface area contributed by atoms with Crippen LogP contribution in [0.2, 0.25) is 5.02 Å². The normalized spacial score (nSPS) is 28.0. The molecule has 4 rings (SSSR count). The molecule has 1 saturated carbocycles. The van der Waals surface area contributed by atoms with Gasteiger partial charge in [0, 0.05) is 39.2 Å². The predicted octanol–water partition coefficient (Wildman–Crippen LogP) is 6.72. The summed E-state index contributed by atoms with van der Waals surface area (Å²) in [6.45, 7) is 6.43. The maximum atomic E-state index is 6.27. The fraction of sp³-hybridized carbons (Fsp3) is 0.600. The predicted molar refractivity (Wildman–Crippen MR) is 133 cm³/mol. The highest BCUT2D eigenvalue weighted by molar-refractivity contribution is 7.98. The van der Waals surface area contributed by atoms with Crippen molar-refractivity contribution in [1.29, 1.82) is 0 Å². The Bertz CT molecular complexity index is 794. The van der Waals surface area contributed by atoms with E-state index in [4.69, 9.17) is 16.3 Å². The smallest absolute Gasteiger partial charge is 0.0793 e. The van der Waals surface area contributed by atoms with Crippen molar-refractivity contribution in [2.24, 2.45) is 0 Å². The number of morpholine rings is 1. The molecule has 1 aliphatic heterocycles. The highest BCUT2D eigenvalue weighted by Gasteiger charge is 2.36. The lowest BCUT2D eigenvalue weighted by atomic mass is 9.83. The summed E-state index contributed by atoms with van der Waals surface area (Å²) < 4.78 is 6.27. The molecule has 0 radical (unpaired) electrons. The van der Waals surface area contributed by atoms with Crippen molar-refractivity contribution >= 4 is 34.7 Å². The van der Waals surface area contributed by atoms with Crippen LogP contribution < -0.4 is 0 Å². The fourth-order valence-corrected chi connectivity index (χ4v) is 6.99. The van der Waals surface area contributed by atoms with E-state index in [9.17, 15) is 0 Å². The first-order chi connectivity index (χ1) is 14.5. The number of nitrogens with zero attached hydrogens (tertiary/aromatic N) is 1. The van der Waals surface area contributed by atoms with Gasteiger partial charge < -0.3 is 4.74 Å². The lowest BCUT2D eigenvalue weighted by molar-refractivity contribution is -0.0750. The molecule has 2 nitrogen and oxygen atoms in total. The summed E-state index contributed by atoms with van der Waals surface area (Å²) in [5, 5.41) is 0.813. The Morgan fingerprint density at radius 3 is 2.50 bits per heavy atom. The average molecular weight is 464 g/mol. The molecule has 2 aromatic rings. The lowest BCUT2D eigenvalue weighted by Gasteiger charge is -2.46. The molecule has 164 valence electrons. The first-order valence-electron chi connectivity index (χ1n) is 11.2. The van der Waals surface area contributed by atoms with E-state index < -0.39 is 0 Å². The van der Waals surface area contributed by atoms with E-state index in [0.717, 1.165) is 36.3 Å². The molecule has 2 unspecified atom stereocenters. The molecule has 5 heteroatoms. The maximum absolute atomic E-state index is 6.27. The maximum Gasteiger partial charge on any atom is 0.0793 e. The molecule has 1 aromatic heterocycles. The fourth-order valence-electron chi connectivity index (χ4n) is 5.08. The van der Waals surface area contributed by atoms with Crippen LogP contribution in [0, 0.1) is 13.8 Å². The zero-order chi connectivity index (χ0) is 21.1. The van der Waals surface area contributed by atoms with Gasteiger partial charge in [0.2, 0.25) is 0 Å². The molecule has 2 atom stereocenters. The van der Waals surface area contributed by atoms with Gasteiger partial charge in [-0.2, -0.15) is 11.8 Å². The van der Waals surface area contributed by atoms with E-state index in [-0.39, 0.29) is 0 Å². The van der Waals surface area contributed by atoms with E-state index in [1.807, 2.05) is 35.2 Å². The van der Waals surface area contributed by atoms with Crippen LogP contribution in [-0.4, -0.2) is 48.2 Å². The van der Waals surface area contributed by atoms with Gasteiger partial charge in [0.15, 0.2) is 0 Å². The Labute approximate surface area is 195 Å². The number of benzene rings is 1. The van der Waals surface area contributed by atoms with Crippen LogP contribution in [0.5, 0.6) is 0 Å². The Morgan fingerprint density at radius 1 is 1.13 bits per heavy atom. The highest BCUT2D eigenvalue weighted by Crippen LogP contribution is 2.40. The van der Waals surface area contributed by atoms with Gasteiger partial charge in [-0.05, 0) is 87.5 Å². The van der Waals surface area contributed by atoms with Crippen LogP contribution in [0.15, 0.2) is 30.3 Å². The Balaban J connectivity index is 1.43. The minimum atomic E-state index is 0.363. The molecular weight excluding hydrogens is 430 g/mol. The van der Waals surface area contributed by atoms with Crippen LogP contribution in [-0.2, 0) is 11.2 Å². The van der Waals surface area contributed by atoms with Gasteiger partial charge in [-0.3, -0.25) is 4.90 Å². The molecule has 1 saturated heterocycles. The third-order valence-corrected chi connectivity index (χ3v) is 9.17. The number of halogens is 1. The van der Waals surface area contributed by atoms with Crippen LogP contribution >= 0.6 is 34.7 Å². The number of ether oxygens (including phenoxy) is 1. The van der Waals surface area contributed by atoms with Gasteiger partial charge in [0.05, 0.1) is 12.7 Å². The Kier molecular flexibility index (Phi) is 7.86. The zero-order valence-electron chi connectivity index (χ0n) is 18.4. The second-order valence-corrected chi connectivity index (χ2v) is 11.6. The van der Waals surface area contributed by atoms with E-state index in [2.05, 4.69) is 43.2 Å². The monoisotopic (exact) mass is 463 g/mol. The van der Waals surface area contributed by atoms with Gasteiger partial charge in [-0.15, -0.1) is 11.3 Å². The van der Waals surface area contributed by atoms with Crippen LogP contribution in [0.1, 0.15) is 52.5 Å². The summed E-state index contributed by atoms with van der Waals surface area (Å²) in [5.41, 5.74) is 2.83. The number of hydrogen-bond donors (Lipinski definition) is 0. The van der Waals surface area contributed by atoms with Crippen molar-refractivity contribution in [2.45, 2.75) is 70.1 Å². The number of hydrogen-bond acceptors (Lipinski definition) is 4. The molecule has 2 aliphatic rings. The average Bonchev–Trinajstić information content (AvgIpc) is 3.09. The summed E-state index contributed by atoms with van der Waals surface area (Å²) in [6, 6.07) is 12.0. The highest BCUT2D eigenvalue weighted by atomic mass is 35.5. The zero-order valence-corrected chi connectivity index (χ0v) is 20.8. The quantitative estimate of drug-likeness (QED) is 0.471. The van der Waals surface area contributed by atoms with E-state index in [1.54, 1.807) is 4.88 Å². The molecule has 0 spiro atoms. The first kappa shape index (κ1) is 22.7. The van der Waals surface area contributed by atoms with Crippen LogP contribution in [0.4, 0.5) is 0 Å². The van der Waals surface area contributed by atoms with Gasteiger partial charge in [0.25, 0.3) is 0 Å². The van der Waals surface area contributed by atoms with Crippen molar-refractivity contribution in [3.05, 3.63) is 56.2 Å². The Hall–Kier alpha value is -0.520. The summed E-state index contributed by atoms with van der Waals surface area (Å²) in [5.74, 6) is 1.85. The third kappa shape index (κ3) is 5.45. The Morgan fingerprint density at radius 2 is 1.87 bits per heavy atom. The second kappa shape index (κ2) is 10.4. The molecule has 1 aromatic carbocycles. The minimum Gasteiger partial charge on any atom is -0.374 e. The summed E-state index contributed by atoms with van der Waals surface area (Å²) in [6.07, 6.45) is 8.86. The molecule has 1 aliphatic carbocycles. The molecule has 0 N–H and O–H groups in total. The molecule has 0 amide bonds. The van der Waals surface area contributed by atoms with E-state index in [1.165, 1.54) is 41.7 Å². The number of rotatable bonds is 6. The number of thiophene rings is 1. The molecule has 2 heterocycles. The standard InChI is InChI=1S/C25H34ClNOS2/c1-17-12-25(30-18(17)2)20-6-10-22(11-7-20)27-14-24(16-29-3)28-15-23(27)13-19-4-8-21(26)9-5-19/h4-5,8-9,12,20,22-24H,6-7,10-11,13-16H2,1-3H3. The second-order valence-electron chi connectivity index (χ2n) is 8.99. The first-order valence-corrected chi connectivity index (χ1v) is 13.8. The van der Waals surface area contributed by atoms with Crippen molar-refractivity contribution in [3.8, 4) is 0 Å². The van der Waals surface area contributed by atoms with Crippen molar-refractivity contribution in [1.82, 2.24) is 4.90 Å². The SMILES string of the molecule is CSCC1CN(C2CCC(c3cc(C)c(C)s3)CC2)C(Cc2ccc(Cl)cc2)CO1. The van der Waals surface area contributed by atoms with E-state index >= 15 is 0 Å². The molecule has 30 heavy (non-hydrogen) atoms. The van der Waals surface area contributed by atoms with Gasteiger partial charge in [-0.25, -0.2) is 0 Å². The largest absolute Gasteiger partial charge is 0.374 e. The van der Waals surface area contributed by atoms with Crippen molar-refractivity contribution in [2.75, 3.05) is 25.2 Å². The van der Waals surface area contributed by atoms with Crippen molar-refractivity contribution < 1.29 is 4.74 Å². The van der Waals surface area contributed by atoms with Gasteiger partial charge in [-0.1, -0.05) is 23.7 Å². The van der Waals surface area contributed by atoms with Gasteiger partial charge >= 0.3 is 0 Å².